The summed E-state index contributed by atoms with van der Waals surface area (Å²) in [6.45, 7) is 0. The van der Waals surface area contributed by atoms with Crippen molar-refractivity contribution in [2.75, 3.05) is 16.8 Å². The van der Waals surface area contributed by atoms with Crippen LogP contribution in [0.2, 0.25) is 5.02 Å². The molecule has 1 heterocycles. The van der Waals surface area contributed by atoms with Crippen LogP contribution >= 0.6 is 11.6 Å². The van der Waals surface area contributed by atoms with Crippen molar-refractivity contribution in [2.24, 2.45) is 5.92 Å². The first-order valence-electron chi connectivity index (χ1n) is 7.47. The van der Waals surface area contributed by atoms with E-state index in [0.29, 0.717) is 28.6 Å². The van der Waals surface area contributed by atoms with Gasteiger partial charge in [0.05, 0.1) is 22.4 Å². The number of para-hydroxylation sites is 1. The minimum atomic E-state index is -3.07. The summed E-state index contributed by atoms with van der Waals surface area (Å²) in [6, 6.07) is 14.0. The third-order valence-electron chi connectivity index (χ3n) is 3.79. The Kier molecular flexibility index (Phi) is 4.78. The van der Waals surface area contributed by atoms with Crippen LogP contribution in [0.25, 0.3) is 0 Å². The maximum atomic E-state index is 12.1. The highest BCUT2D eigenvalue weighted by atomic mass is 35.5. The summed E-state index contributed by atoms with van der Waals surface area (Å²) in [4.78, 5) is 12.1. The van der Waals surface area contributed by atoms with Crippen LogP contribution in [0.4, 0.5) is 5.69 Å². The van der Waals surface area contributed by atoms with Gasteiger partial charge in [0, 0.05) is 5.69 Å². The van der Waals surface area contributed by atoms with Gasteiger partial charge in [-0.05, 0) is 42.8 Å². The van der Waals surface area contributed by atoms with E-state index in [1.54, 1.807) is 36.4 Å². The topological polar surface area (TPSA) is 72.5 Å². The summed E-state index contributed by atoms with van der Waals surface area (Å²) < 4.78 is 28.5. The third-order valence-corrected chi connectivity index (χ3v) is 5.87. The number of anilines is 1. The van der Waals surface area contributed by atoms with Crippen molar-refractivity contribution in [2.45, 2.75) is 6.42 Å². The van der Waals surface area contributed by atoms with Gasteiger partial charge in [-0.25, -0.2) is 8.42 Å². The second-order valence-electron chi connectivity index (χ2n) is 5.65. The Bertz CT molecular complexity index is 849. The van der Waals surface area contributed by atoms with Crippen molar-refractivity contribution in [1.82, 2.24) is 0 Å². The van der Waals surface area contributed by atoms with E-state index in [0.717, 1.165) is 0 Å². The van der Waals surface area contributed by atoms with Gasteiger partial charge in [0.1, 0.15) is 11.5 Å². The number of carbonyl (C=O) groups excluding carboxylic acids is 1. The standard InChI is InChI=1S/C17H16ClNO4S/c18-15-3-1-2-4-16(15)23-14-7-5-13(6-8-14)19-17(20)12-9-10-24(21,22)11-12/h1-8,12H,9-11H2,(H,19,20). The second kappa shape index (κ2) is 6.83. The molecule has 24 heavy (non-hydrogen) atoms. The maximum Gasteiger partial charge on any atom is 0.228 e. The second-order valence-corrected chi connectivity index (χ2v) is 8.28. The van der Waals surface area contributed by atoms with Gasteiger partial charge in [0.15, 0.2) is 9.84 Å². The number of hydrogen-bond donors (Lipinski definition) is 1. The Labute approximate surface area is 145 Å². The van der Waals surface area contributed by atoms with Gasteiger partial charge in [-0.15, -0.1) is 0 Å². The number of amides is 1. The molecule has 0 spiro atoms. The molecule has 0 aliphatic carbocycles. The molecule has 5 nitrogen and oxygen atoms in total. The van der Waals surface area contributed by atoms with Gasteiger partial charge < -0.3 is 10.1 Å². The Balaban J connectivity index is 1.63. The molecule has 1 fully saturated rings. The normalized spacial score (nSPS) is 19.0. The molecule has 0 saturated carbocycles. The predicted molar refractivity (Wildman–Crippen MR) is 93.4 cm³/mol. The van der Waals surface area contributed by atoms with E-state index >= 15 is 0 Å². The average Bonchev–Trinajstić information content (AvgIpc) is 2.92. The van der Waals surface area contributed by atoms with Crippen molar-refractivity contribution in [3.05, 3.63) is 53.6 Å². The number of benzene rings is 2. The summed E-state index contributed by atoms with van der Waals surface area (Å²) in [6.07, 6.45) is 0.377. The molecule has 2 aromatic carbocycles. The average molecular weight is 366 g/mol. The van der Waals surface area contributed by atoms with Gasteiger partial charge in [-0.2, -0.15) is 0 Å². The van der Waals surface area contributed by atoms with E-state index in [-0.39, 0.29) is 17.4 Å². The SMILES string of the molecule is O=C(Nc1ccc(Oc2ccccc2Cl)cc1)C1CCS(=O)(=O)C1. The van der Waals surface area contributed by atoms with Crippen molar-refractivity contribution < 1.29 is 17.9 Å². The summed E-state index contributed by atoms with van der Waals surface area (Å²) in [5.74, 6) is 0.393. The molecular formula is C17H16ClNO4S. The van der Waals surface area contributed by atoms with Crippen LogP contribution in [0, 0.1) is 5.92 Å². The highest BCUT2D eigenvalue weighted by Crippen LogP contribution is 2.29. The van der Waals surface area contributed by atoms with Gasteiger partial charge in [-0.3, -0.25) is 4.79 Å². The van der Waals surface area contributed by atoms with E-state index in [4.69, 9.17) is 16.3 Å². The molecule has 2 aromatic rings. The summed E-state index contributed by atoms with van der Waals surface area (Å²) in [5, 5.41) is 3.25. The lowest BCUT2D eigenvalue weighted by atomic mass is 10.1. The minimum Gasteiger partial charge on any atom is -0.456 e. The molecule has 0 bridgehead atoms. The Morgan fingerprint density at radius 1 is 1.12 bits per heavy atom. The highest BCUT2D eigenvalue weighted by Gasteiger charge is 2.32. The minimum absolute atomic E-state index is 0.0769. The number of rotatable bonds is 4. The molecule has 126 valence electrons. The zero-order valence-corrected chi connectivity index (χ0v) is 14.3. The van der Waals surface area contributed by atoms with Crippen molar-refractivity contribution in [3.8, 4) is 11.5 Å². The number of hydrogen-bond acceptors (Lipinski definition) is 4. The molecule has 1 saturated heterocycles. The summed E-state index contributed by atoms with van der Waals surface area (Å²) in [5.41, 5.74) is 0.593. The lowest BCUT2D eigenvalue weighted by Crippen LogP contribution is -2.23. The van der Waals surface area contributed by atoms with Crippen LogP contribution in [0.5, 0.6) is 11.5 Å². The van der Waals surface area contributed by atoms with Crippen molar-refractivity contribution >= 4 is 33.0 Å². The van der Waals surface area contributed by atoms with Gasteiger partial charge in [-0.1, -0.05) is 23.7 Å². The number of sulfone groups is 1. The van der Waals surface area contributed by atoms with E-state index in [9.17, 15) is 13.2 Å². The Hall–Kier alpha value is -2.05. The zero-order chi connectivity index (χ0) is 17.2. The number of halogens is 1. The Morgan fingerprint density at radius 3 is 2.46 bits per heavy atom. The monoisotopic (exact) mass is 365 g/mol. The largest absolute Gasteiger partial charge is 0.456 e. The summed E-state index contributed by atoms with van der Waals surface area (Å²) in [7, 11) is -3.07. The van der Waals surface area contributed by atoms with Crippen LogP contribution in [-0.4, -0.2) is 25.8 Å². The van der Waals surface area contributed by atoms with Gasteiger partial charge >= 0.3 is 0 Å². The van der Waals surface area contributed by atoms with Gasteiger partial charge in [0.2, 0.25) is 5.91 Å². The fraction of sp³-hybridized carbons (Fsp3) is 0.235. The smallest absolute Gasteiger partial charge is 0.228 e. The molecule has 1 aliphatic heterocycles. The van der Waals surface area contributed by atoms with Crippen molar-refractivity contribution in [3.63, 3.8) is 0 Å². The number of nitrogens with one attached hydrogen (secondary N) is 1. The third kappa shape index (κ3) is 4.07. The van der Waals surface area contributed by atoms with E-state index < -0.39 is 15.8 Å². The fourth-order valence-corrected chi connectivity index (χ4v) is 4.42. The summed E-state index contributed by atoms with van der Waals surface area (Å²) >= 11 is 6.04. The molecule has 1 atom stereocenters. The molecule has 1 amide bonds. The fourth-order valence-electron chi connectivity index (χ4n) is 2.51. The number of carbonyl (C=O) groups is 1. The van der Waals surface area contributed by atoms with E-state index in [1.807, 2.05) is 12.1 Å². The van der Waals surface area contributed by atoms with Crippen LogP contribution < -0.4 is 10.1 Å². The first-order valence-corrected chi connectivity index (χ1v) is 9.67. The molecule has 1 unspecified atom stereocenters. The van der Waals surface area contributed by atoms with Crippen molar-refractivity contribution in [1.29, 1.82) is 0 Å². The first-order chi connectivity index (χ1) is 11.4. The highest BCUT2D eigenvalue weighted by molar-refractivity contribution is 7.91. The van der Waals surface area contributed by atoms with E-state index in [1.165, 1.54) is 0 Å². The quantitative estimate of drug-likeness (QED) is 0.899. The molecule has 1 aliphatic rings. The van der Waals surface area contributed by atoms with Crippen LogP contribution in [0.3, 0.4) is 0 Å². The Morgan fingerprint density at radius 2 is 1.83 bits per heavy atom. The maximum absolute atomic E-state index is 12.1. The lowest BCUT2D eigenvalue weighted by Gasteiger charge is -2.11. The number of ether oxygens (including phenoxy) is 1. The molecule has 0 aromatic heterocycles. The first kappa shape index (κ1) is 16.8. The van der Waals surface area contributed by atoms with Crippen LogP contribution in [-0.2, 0) is 14.6 Å². The predicted octanol–water partition coefficient (Wildman–Crippen LogP) is 3.51. The van der Waals surface area contributed by atoms with Crippen LogP contribution in [0.1, 0.15) is 6.42 Å². The zero-order valence-electron chi connectivity index (χ0n) is 12.7. The molecule has 1 N–H and O–H groups in total. The molecular weight excluding hydrogens is 350 g/mol. The lowest BCUT2D eigenvalue weighted by molar-refractivity contribution is -0.119. The molecule has 7 heteroatoms. The molecule has 3 rings (SSSR count). The van der Waals surface area contributed by atoms with Gasteiger partial charge in [0.25, 0.3) is 0 Å². The van der Waals surface area contributed by atoms with Crippen LogP contribution in [0.15, 0.2) is 48.5 Å². The van der Waals surface area contributed by atoms with E-state index in [2.05, 4.69) is 5.32 Å². The molecule has 0 radical (unpaired) electrons.